The number of hydrogen-bond donors (Lipinski definition) is 0. The molecule has 1 aromatic heterocycles. The second-order valence-electron chi connectivity index (χ2n) is 9.31. The Balaban J connectivity index is 1.40. The minimum atomic E-state index is -0.325. The van der Waals surface area contributed by atoms with E-state index in [1.807, 2.05) is 11.0 Å². The molecule has 1 aromatic carbocycles. The maximum absolute atomic E-state index is 13.7. The van der Waals surface area contributed by atoms with E-state index in [0.29, 0.717) is 30.6 Å². The van der Waals surface area contributed by atoms with Crippen molar-refractivity contribution in [2.75, 3.05) is 26.2 Å². The summed E-state index contributed by atoms with van der Waals surface area (Å²) in [5.74, 6) is 0.686. The first kappa shape index (κ1) is 21.6. The Labute approximate surface area is 185 Å². The molecule has 6 nitrogen and oxygen atoms in total. The van der Waals surface area contributed by atoms with Gasteiger partial charge in [-0.25, -0.2) is 0 Å². The zero-order valence-corrected chi connectivity index (χ0v) is 18.8. The molecular formula is C25H34N4O2. The molecule has 0 aliphatic carbocycles. The van der Waals surface area contributed by atoms with Gasteiger partial charge >= 0.3 is 0 Å². The zero-order chi connectivity index (χ0) is 21.8. The van der Waals surface area contributed by atoms with Gasteiger partial charge < -0.3 is 9.80 Å². The summed E-state index contributed by atoms with van der Waals surface area (Å²) in [5.41, 5.74) is 1.58. The molecule has 4 rings (SSSR count). The summed E-state index contributed by atoms with van der Waals surface area (Å²) in [6.45, 7) is 5.25. The van der Waals surface area contributed by atoms with Crippen LogP contribution in [0, 0.1) is 11.3 Å². The van der Waals surface area contributed by atoms with Crippen LogP contribution >= 0.6 is 0 Å². The summed E-state index contributed by atoms with van der Waals surface area (Å²) in [6.07, 6.45) is 7.46. The van der Waals surface area contributed by atoms with Gasteiger partial charge in [-0.05, 0) is 49.7 Å². The third kappa shape index (κ3) is 4.53. The van der Waals surface area contributed by atoms with Gasteiger partial charge in [0.25, 0.3) is 5.91 Å². The Kier molecular flexibility index (Phi) is 6.44. The number of amides is 2. The minimum Gasteiger partial charge on any atom is -0.342 e. The van der Waals surface area contributed by atoms with Crippen LogP contribution in [-0.2, 0) is 18.3 Å². The molecule has 2 aliphatic rings. The molecule has 2 aliphatic heterocycles. The molecule has 6 heteroatoms. The van der Waals surface area contributed by atoms with Crippen LogP contribution in [0.1, 0.15) is 55.1 Å². The van der Waals surface area contributed by atoms with E-state index in [1.165, 1.54) is 5.56 Å². The Morgan fingerprint density at radius 2 is 1.84 bits per heavy atom. The van der Waals surface area contributed by atoms with Gasteiger partial charge in [-0.2, -0.15) is 5.10 Å². The number of benzene rings is 1. The highest BCUT2D eigenvalue weighted by molar-refractivity contribution is 5.92. The highest BCUT2D eigenvalue weighted by Crippen LogP contribution is 2.42. The maximum Gasteiger partial charge on any atom is 0.272 e. The minimum absolute atomic E-state index is 0.0419. The van der Waals surface area contributed by atoms with Crippen molar-refractivity contribution in [2.45, 2.75) is 45.4 Å². The Morgan fingerprint density at radius 3 is 2.52 bits per heavy atom. The molecule has 0 spiro atoms. The third-order valence-electron chi connectivity index (χ3n) is 7.39. The summed E-state index contributed by atoms with van der Waals surface area (Å²) >= 11 is 0. The lowest BCUT2D eigenvalue weighted by atomic mass is 9.69. The quantitative estimate of drug-likeness (QED) is 0.741. The molecule has 166 valence electrons. The SMILES string of the molecule is Cn1nccc1C(=O)N1CCC([C@@]2(C)CCCCN(CCc3ccccc3)C2=O)CC1. The van der Waals surface area contributed by atoms with Gasteiger partial charge in [-0.1, -0.05) is 43.7 Å². The van der Waals surface area contributed by atoms with E-state index in [2.05, 4.69) is 41.2 Å². The lowest BCUT2D eigenvalue weighted by Gasteiger charge is -2.43. The number of carbonyl (C=O) groups excluding carboxylic acids is 2. The van der Waals surface area contributed by atoms with E-state index < -0.39 is 0 Å². The lowest BCUT2D eigenvalue weighted by molar-refractivity contribution is -0.144. The summed E-state index contributed by atoms with van der Waals surface area (Å²) in [5, 5.41) is 4.12. The molecule has 0 radical (unpaired) electrons. The second kappa shape index (κ2) is 9.25. The van der Waals surface area contributed by atoms with Gasteiger partial charge in [0, 0.05) is 44.8 Å². The van der Waals surface area contributed by atoms with Crippen molar-refractivity contribution in [3.8, 4) is 0 Å². The molecule has 0 N–H and O–H groups in total. The van der Waals surface area contributed by atoms with Gasteiger partial charge in [0.05, 0.1) is 0 Å². The first-order valence-electron chi connectivity index (χ1n) is 11.6. The van der Waals surface area contributed by atoms with Gasteiger partial charge in [-0.3, -0.25) is 14.3 Å². The fourth-order valence-corrected chi connectivity index (χ4v) is 5.33. The number of aromatic nitrogens is 2. The Morgan fingerprint density at radius 1 is 1.10 bits per heavy atom. The van der Waals surface area contributed by atoms with Crippen LogP contribution in [-0.4, -0.2) is 57.6 Å². The first-order valence-corrected chi connectivity index (χ1v) is 11.6. The van der Waals surface area contributed by atoms with Crippen molar-refractivity contribution in [3.05, 3.63) is 53.9 Å². The van der Waals surface area contributed by atoms with E-state index in [0.717, 1.165) is 51.6 Å². The van der Waals surface area contributed by atoms with Gasteiger partial charge in [0.15, 0.2) is 0 Å². The standard InChI is InChI=1S/C25H34N4O2/c1-25(21-12-18-28(19-13-21)23(30)22-10-15-26-27(22)2)14-6-7-16-29(24(25)31)17-11-20-8-4-3-5-9-20/h3-5,8-10,15,21H,6-7,11-14,16-19H2,1-2H3/t25-/m1/s1. The normalized spacial score (nSPS) is 23.1. The average molecular weight is 423 g/mol. The molecule has 0 bridgehead atoms. The predicted octanol–water partition coefficient (Wildman–Crippen LogP) is 3.53. The number of hydrogen-bond acceptors (Lipinski definition) is 3. The van der Waals surface area contributed by atoms with Crippen LogP contribution in [0.25, 0.3) is 0 Å². The van der Waals surface area contributed by atoms with Gasteiger partial charge in [-0.15, -0.1) is 0 Å². The van der Waals surface area contributed by atoms with Crippen molar-refractivity contribution in [3.63, 3.8) is 0 Å². The second-order valence-corrected chi connectivity index (χ2v) is 9.31. The lowest BCUT2D eigenvalue weighted by Crippen LogP contribution is -2.50. The molecule has 2 fully saturated rings. The van der Waals surface area contributed by atoms with Gasteiger partial charge in [0.1, 0.15) is 5.69 Å². The fourth-order valence-electron chi connectivity index (χ4n) is 5.33. The Bertz CT molecular complexity index is 901. The van der Waals surface area contributed by atoms with Gasteiger partial charge in [0.2, 0.25) is 5.91 Å². The first-order chi connectivity index (χ1) is 15.0. The molecule has 3 heterocycles. The number of rotatable bonds is 5. The highest BCUT2D eigenvalue weighted by Gasteiger charge is 2.45. The van der Waals surface area contributed by atoms with Crippen LogP contribution in [0.15, 0.2) is 42.6 Å². The Hall–Kier alpha value is -2.63. The third-order valence-corrected chi connectivity index (χ3v) is 7.39. The van der Waals surface area contributed by atoms with Crippen LogP contribution < -0.4 is 0 Å². The van der Waals surface area contributed by atoms with Crippen molar-refractivity contribution >= 4 is 11.8 Å². The molecule has 2 aromatic rings. The van der Waals surface area contributed by atoms with Crippen LogP contribution in [0.5, 0.6) is 0 Å². The summed E-state index contributed by atoms with van der Waals surface area (Å²) in [6, 6.07) is 12.2. The van der Waals surface area contributed by atoms with Crippen molar-refractivity contribution in [1.82, 2.24) is 19.6 Å². The smallest absolute Gasteiger partial charge is 0.272 e. The molecule has 2 amide bonds. The molecule has 0 unspecified atom stereocenters. The topological polar surface area (TPSA) is 58.4 Å². The van der Waals surface area contributed by atoms with Crippen LogP contribution in [0.3, 0.4) is 0 Å². The number of nitrogens with zero attached hydrogens (tertiary/aromatic N) is 4. The number of carbonyl (C=O) groups is 2. The van der Waals surface area contributed by atoms with E-state index >= 15 is 0 Å². The summed E-state index contributed by atoms with van der Waals surface area (Å²) in [4.78, 5) is 30.5. The molecular weight excluding hydrogens is 388 g/mol. The van der Waals surface area contributed by atoms with Crippen molar-refractivity contribution in [2.24, 2.45) is 18.4 Å². The molecule has 2 saturated heterocycles. The van der Waals surface area contributed by atoms with E-state index in [4.69, 9.17) is 0 Å². The average Bonchev–Trinajstić information content (AvgIpc) is 3.17. The fraction of sp³-hybridized carbons (Fsp3) is 0.560. The number of likely N-dealkylation sites (tertiary alicyclic amines) is 2. The largest absolute Gasteiger partial charge is 0.342 e. The van der Waals surface area contributed by atoms with E-state index in [1.54, 1.807) is 24.0 Å². The van der Waals surface area contributed by atoms with E-state index in [-0.39, 0.29) is 11.3 Å². The number of piperidine rings is 1. The number of aryl methyl sites for hydroxylation is 1. The zero-order valence-electron chi connectivity index (χ0n) is 18.8. The van der Waals surface area contributed by atoms with Crippen molar-refractivity contribution in [1.29, 1.82) is 0 Å². The maximum atomic E-state index is 13.7. The molecule has 31 heavy (non-hydrogen) atoms. The highest BCUT2D eigenvalue weighted by atomic mass is 16.2. The summed E-state index contributed by atoms with van der Waals surface area (Å²) < 4.78 is 1.63. The predicted molar refractivity (Wildman–Crippen MR) is 121 cm³/mol. The van der Waals surface area contributed by atoms with Crippen LogP contribution in [0.4, 0.5) is 0 Å². The van der Waals surface area contributed by atoms with Crippen molar-refractivity contribution < 1.29 is 9.59 Å². The molecule has 1 atom stereocenters. The summed E-state index contributed by atoms with van der Waals surface area (Å²) in [7, 11) is 1.80. The van der Waals surface area contributed by atoms with Crippen LogP contribution in [0.2, 0.25) is 0 Å². The molecule has 0 saturated carbocycles. The van der Waals surface area contributed by atoms with E-state index in [9.17, 15) is 9.59 Å². The monoisotopic (exact) mass is 422 g/mol.